The van der Waals surface area contributed by atoms with Gasteiger partial charge in [0.2, 0.25) is 0 Å². The molecule has 0 amide bonds. The Balaban J connectivity index is 1.82. The Hall–Kier alpha value is -2.10. The smallest absolute Gasteiger partial charge is 0.316 e. The Labute approximate surface area is 94.1 Å². The van der Waals surface area contributed by atoms with Gasteiger partial charge in [0.1, 0.15) is 0 Å². The van der Waals surface area contributed by atoms with Crippen molar-refractivity contribution in [1.29, 1.82) is 0 Å². The minimum absolute atomic E-state index is 0.366. The zero-order valence-electron chi connectivity index (χ0n) is 8.84. The van der Waals surface area contributed by atoms with Crippen LogP contribution in [0.5, 0.6) is 6.01 Å². The van der Waals surface area contributed by atoms with Crippen molar-refractivity contribution in [3.8, 4) is 6.01 Å². The molecule has 0 spiro atoms. The molecule has 1 aromatic heterocycles. The summed E-state index contributed by atoms with van der Waals surface area (Å²) in [6.45, 7) is 0.563. The number of aromatic nitrogens is 2. The quantitative estimate of drug-likeness (QED) is 0.842. The molecule has 1 aromatic carbocycles. The van der Waals surface area contributed by atoms with E-state index < -0.39 is 0 Å². The van der Waals surface area contributed by atoms with Gasteiger partial charge in [-0.25, -0.2) is 9.97 Å². The van der Waals surface area contributed by atoms with E-state index in [1.54, 1.807) is 0 Å². The lowest BCUT2D eigenvalue weighted by molar-refractivity contribution is 0.296. The summed E-state index contributed by atoms with van der Waals surface area (Å²) in [7, 11) is 0. The lowest BCUT2D eigenvalue weighted by Crippen LogP contribution is -2.04. The van der Waals surface area contributed by atoms with Crippen molar-refractivity contribution in [2.45, 2.75) is 6.42 Å². The number of benzene rings is 1. The highest BCUT2D eigenvalue weighted by molar-refractivity contribution is 5.30. The van der Waals surface area contributed by atoms with E-state index in [0.29, 0.717) is 18.3 Å². The second kappa shape index (κ2) is 5.11. The largest absolute Gasteiger partial charge is 0.463 e. The molecule has 2 rings (SSSR count). The standard InChI is InChI=1S/C12H13N3O/c13-11-8-14-12(15-9-11)16-7-6-10-4-2-1-3-5-10/h1-5,8-9H,6-7,13H2. The molecule has 0 unspecified atom stereocenters. The number of anilines is 1. The molecular formula is C12H13N3O. The molecule has 0 radical (unpaired) electrons. The molecule has 0 atom stereocenters. The Morgan fingerprint density at radius 1 is 1.06 bits per heavy atom. The summed E-state index contributed by atoms with van der Waals surface area (Å²) < 4.78 is 5.39. The predicted octanol–water partition coefficient (Wildman–Crippen LogP) is 1.68. The lowest BCUT2D eigenvalue weighted by atomic mass is 10.2. The molecule has 16 heavy (non-hydrogen) atoms. The van der Waals surface area contributed by atoms with Gasteiger partial charge in [0.25, 0.3) is 0 Å². The zero-order valence-corrected chi connectivity index (χ0v) is 8.84. The van der Waals surface area contributed by atoms with Crippen molar-refractivity contribution >= 4 is 5.69 Å². The lowest BCUT2D eigenvalue weighted by Gasteiger charge is -2.03. The van der Waals surface area contributed by atoms with Crippen LogP contribution in [0.2, 0.25) is 0 Å². The number of nitrogen functional groups attached to an aromatic ring is 1. The predicted molar refractivity (Wildman–Crippen MR) is 62.1 cm³/mol. The summed E-state index contributed by atoms with van der Waals surface area (Å²) in [6.07, 6.45) is 3.91. The van der Waals surface area contributed by atoms with Gasteiger partial charge in [-0.15, -0.1) is 0 Å². The summed E-state index contributed by atoms with van der Waals surface area (Å²) in [5, 5.41) is 0. The molecule has 2 aromatic rings. The second-order valence-electron chi connectivity index (χ2n) is 3.38. The first-order chi connectivity index (χ1) is 7.84. The van der Waals surface area contributed by atoms with Crippen LogP contribution in [0.15, 0.2) is 42.7 Å². The highest BCUT2D eigenvalue weighted by Gasteiger charge is 1.97. The molecule has 0 saturated heterocycles. The molecule has 0 saturated carbocycles. The summed E-state index contributed by atoms with van der Waals surface area (Å²) in [4.78, 5) is 7.90. The number of ether oxygens (including phenoxy) is 1. The highest BCUT2D eigenvalue weighted by Crippen LogP contribution is 2.05. The van der Waals surface area contributed by atoms with Crippen LogP contribution in [-0.2, 0) is 6.42 Å². The van der Waals surface area contributed by atoms with Crippen molar-refractivity contribution in [3.63, 3.8) is 0 Å². The number of hydrogen-bond acceptors (Lipinski definition) is 4. The SMILES string of the molecule is Nc1cnc(OCCc2ccccc2)nc1. The third-order valence-corrected chi connectivity index (χ3v) is 2.11. The summed E-state index contributed by atoms with van der Waals surface area (Å²) in [5.41, 5.74) is 7.24. The van der Waals surface area contributed by atoms with E-state index in [1.807, 2.05) is 18.2 Å². The van der Waals surface area contributed by atoms with Crippen molar-refractivity contribution < 1.29 is 4.74 Å². The van der Waals surface area contributed by atoms with Gasteiger partial charge in [-0.1, -0.05) is 30.3 Å². The molecule has 2 N–H and O–H groups in total. The molecule has 0 fully saturated rings. The van der Waals surface area contributed by atoms with E-state index in [4.69, 9.17) is 10.5 Å². The van der Waals surface area contributed by atoms with E-state index in [1.165, 1.54) is 18.0 Å². The first-order valence-electron chi connectivity index (χ1n) is 5.09. The maximum atomic E-state index is 5.47. The Morgan fingerprint density at radius 2 is 1.75 bits per heavy atom. The van der Waals surface area contributed by atoms with Crippen LogP contribution in [-0.4, -0.2) is 16.6 Å². The van der Waals surface area contributed by atoms with E-state index in [9.17, 15) is 0 Å². The summed E-state index contributed by atoms with van der Waals surface area (Å²) in [6, 6.07) is 10.5. The van der Waals surface area contributed by atoms with Gasteiger partial charge >= 0.3 is 6.01 Å². The van der Waals surface area contributed by atoms with Crippen molar-refractivity contribution in [2.75, 3.05) is 12.3 Å². The van der Waals surface area contributed by atoms with Crippen LogP contribution in [0.3, 0.4) is 0 Å². The van der Waals surface area contributed by atoms with Crippen molar-refractivity contribution in [1.82, 2.24) is 9.97 Å². The molecule has 0 bridgehead atoms. The maximum Gasteiger partial charge on any atom is 0.316 e. The fourth-order valence-electron chi connectivity index (χ4n) is 1.31. The molecule has 1 heterocycles. The van der Waals surface area contributed by atoms with Crippen LogP contribution in [0.1, 0.15) is 5.56 Å². The Morgan fingerprint density at radius 3 is 2.44 bits per heavy atom. The Kier molecular flexibility index (Phi) is 3.33. The van der Waals surface area contributed by atoms with Gasteiger partial charge in [0.05, 0.1) is 24.7 Å². The van der Waals surface area contributed by atoms with E-state index in [-0.39, 0.29) is 0 Å². The fourth-order valence-corrected chi connectivity index (χ4v) is 1.31. The average Bonchev–Trinajstić information content (AvgIpc) is 2.33. The van der Waals surface area contributed by atoms with Crippen LogP contribution < -0.4 is 10.5 Å². The van der Waals surface area contributed by atoms with Gasteiger partial charge in [-0.3, -0.25) is 0 Å². The number of nitrogens with zero attached hydrogens (tertiary/aromatic N) is 2. The van der Waals surface area contributed by atoms with Crippen LogP contribution >= 0.6 is 0 Å². The highest BCUT2D eigenvalue weighted by atomic mass is 16.5. The minimum atomic E-state index is 0.366. The Bertz CT molecular complexity index is 428. The first-order valence-corrected chi connectivity index (χ1v) is 5.09. The van der Waals surface area contributed by atoms with E-state index >= 15 is 0 Å². The monoisotopic (exact) mass is 215 g/mol. The number of hydrogen-bond donors (Lipinski definition) is 1. The van der Waals surface area contributed by atoms with Gasteiger partial charge in [0, 0.05) is 6.42 Å². The summed E-state index contributed by atoms with van der Waals surface area (Å²) >= 11 is 0. The number of nitrogens with two attached hydrogens (primary N) is 1. The number of rotatable bonds is 4. The van der Waals surface area contributed by atoms with Gasteiger partial charge in [-0.2, -0.15) is 0 Å². The zero-order chi connectivity index (χ0) is 11.2. The molecule has 4 nitrogen and oxygen atoms in total. The topological polar surface area (TPSA) is 61.0 Å². The fraction of sp³-hybridized carbons (Fsp3) is 0.167. The average molecular weight is 215 g/mol. The minimum Gasteiger partial charge on any atom is -0.463 e. The molecule has 0 aliphatic carbocycles. The third-order valence-electron chi connectivity index (χ3n) is 2.11. The van der Waals surface area contributed by atoms with Gasteiger partial charge in [0.15, 0.2) is 0 Å². The molecule has 0 aliphatic heterocycles. The van der Waals surface area contributed by atoms with E-state index in [0.717, 1.165) is 6.42 Å². The second-order valence-corrected chi connectivity index (χ2v) is 3.38. The van der Waals surface area contributed by atoms with E-state index in [2.05, 4.69) is 22.1 Å². The molecule has 0 aliphatic rings. The van der Waals surface area contributed by atoms with Crippen molar-refractivity contribution in [2.24, 2.45) is 0 Å². The molecule has 4 heteroatoms. The molecule has 82 valence electrons. The van der Waals surface area contributed by atoms with Crippen molar-refractivity contribution in [3.05, 3.63) is 48.3 Å². The van der Waals surface area contributed by atoms with Crippen LogP contribution in [0, 0.1) is 0 Å². The summed E-state index contributed by atoms with van der Waals surface area (Å²) in [5.74, 6) is 0. The third kappa shape index (κ3) is 2.95. The maximum absolute atomic E-state index is 5.47. The van der Waals surface area contributed by atoms with Gasteiger partial charge in [-0.05, 0) is 5.56 Å². The molecular weight excluding hydrogens is 202 g/mol. The normalized spacial score (nSPS) is 10.0. The van der Waals surface area contributed by atoms with Crippen LogP contribution in [0.25, 0.3) is 0 Å². The van der Waals surface area contributed by atoms with Gasteiger partial charge < -0.3 is 10.5 Å². The first kappa shape index (κ1) is 10.4. The van der Waals surface area contributed by atoms with Crippen LogP contribution in [0.4, 0.5) is 5.69 Å².